The molecular weight excluding hydrogens is 290 g/mol. The van der Waals surface area contributed by atoms with E-state index in [1.807, 2.05) is 12.1 Å². The van der Waals surface area contributed by atoms with Gasteiger partial charge in [-0.2, -0.15) is 0 Å². The molecule has 2 aromatic rings. The lowest BCUT2D eigenvalue weighted by molar-refractivity contribution is 0.350. The largest absolute Gasteiger partial charge is 0.493 e. The van der Waals surface area contributed by atoms with Crippen LogP contribution in [0, 0.1) is 6.92 Å². The minimum Gasteiger partial charge on any atom is -0.493 e. The van der Waals surface area contributed by atoms with Gasteiger partial charge in [0.15, 0.2) is 0 Å². The molecule has 20 heavy (non-hydrogen) atoms. The summed E-state index contributed by atoms with van der Waals surface area (Å²) in [4.78, 5) is 1.34. The van der Waals surface area contributed by atoms with Gasteiger partial charge >= 0.3 is 0 Å². The molecule has 0 fully saturated rings. The van der Waals surface area contributed by atoms with E-state index in [0.717, 1.165) is 35.9 Å². The Morgan fingerprint density at radius 2 is 2.30 bits per heavy atom. The van der Waals surface area contributed by atoms with Crippen LogP contribution in [0.1, 0.15) is 34.5 Å². The fraction of sp³-hybridized carbons (Fsp3) is 0.375. The molecule has 1 aromatic heterocycles. The summed E-state index contributed by atoms with van der Waals surface area (Å²) in [5.41, 5.74) is 3.70. The van der Waals surface area contributed by atoms with Crippen molar-refractivity contribution in [2.75, 3.05) is 13.2 Å². The van der Waals surface area contributed by atoms with E-state index in [-0.39, 0.29) is 6.04 Å². The Balaban J connectivity index is 2.11. The average Bonchev–Trinajstić information content (AvgIpc) is 3.04. The molecule has 1 aromatic carbocycles. The lowest BCUT2D eigenvalue weighted by atomic mass is 9.99. The number of thiophene rings is 1. The van der Waals surface area contributed by atoms with Crippen LogP contribution in [0.2, 0.25) is 5.02 Å². The number of halogens is 1. The fourth-order valence-electron chi connectivity index (χ4n) is 2.74. The molecule has 1 N–H and O–H groups in total. The molecule has 106 valence electrons. The number of nitrogens with one attached hydrogen (secondary N) is 1. The topological polar surface area (TPSA) is 21.3 Å². The van der Waals surface area contributed by atoms with Crippen LogP contribution < -0.4 is 10.1 Å². The average molecular weight is 308 g/mol. The summed E-state index contributed by atoms with van der Waals surface area (Å²) < 4.78 is 5.86. The first kappa shape index (κ1) is 13.9. The second kappa shape index (κ2) is 5.76. The Bertz CT molecular complexity index is 623. The highest BCUT2D eigenvalue weighted by atomic mass is 35.5. The number of hydrogen-bond donors (Lipinski definition) is 1. The maximum atomic E-state index is 6.29. The van der Waals surface area contributed by atoms with Crippen LogP contribution in [0.5, 0.6) is 5.75 Å². The smallest absolute Gasteiger partial charge is 0.127 e. The standard InChI is InChI=1S/C16H18ClNOS/c1-3-18-14(16-10(2)5-7-20-16)13-9-12(17)8-11-4-6-19-15(11)13/h5,7-9,14,18H,3-4,6H2,1-2H3. The van der Waals surface area contributed by atoms with E-state index in [1.54, 1.807) is 11.3 Å². The van der Waals surface area contributed by atoms with Gasteiger partial charge in [0.25, 0.3) is 0 Å². The van der Waals surface area contributed by atoms with Gasteiger partial charge < -0.3 is 10.1 Å². The van der Waals surface area contributed by atoms with E-state index in [0.29, 0.717) is 0 Å². The van der Waals surface area contributed by atoms with Crippen LogP contribution in [0.4, 0.5) is 0 Å². The first-order chi connectivity index (χ1) is 9.70. The van der Waals surface area contributed by atoms with Gasteiger partial charge in [-0.1, -0.05) is 18.5 Å². The maximum absolute atomic E-state index is 6.29. The van der Waals surface area contributed by atoms with Crippen molar-refractivity contribution in [1.29, 1.82) is 0 Å². The maximum Gasteiger partial charge on any atom is 0.127 e. The van der Waals surface area contributed by atoms with Crippen LogP contribution in [0.15, 0.2) is 23.6 Å². The third-order valence-electron chi connectivity index (χ3n) is 3.66. The van der Waals surface area contributed by atoms with Gasteiger partial charge in [-0.3, -0.25) is 0 Å². The molecule has 0 bridgehead atoms. The van der Waals surface area contributed by atoms with Crippen LogP contribution in [-0.2, 0) is 6.42 Å². The number of aryl methyl sites for hydroxylation is 1. The molecule has 4 heteroatoms. The fourth-order valence-corrected chi connectivity index (χ4v) is 4.01. The van der Waals surface area contributed by atoms with Crippen LogP contribution in [0.25, 0.3) is 0 Å². The third-order valence-corrected chi connectivity index (χ3v) is 4.96. The van der Waals surface area contributed by atoms with Gasteiger partial charge in [-0.25, -0.2) is 0 Å². The predicted molar refractivity (Wildman–Crippen MR) is 85.2 cm³/mol. The number of rotatable bonds is 4. The number of benzene rings is 1. The van der Waals surface area contributed by atoms with E-state index in [1.165, 1.54) is 16.0 Å². The Morgan fingerprint density at radius 3 is 3.00 bits per heavy atom. The van der Waals surface area contributed by atoms with E-state index in [2.05, 4.69) is 30.6 Å². The Labute approximate surface area is 128 Å². The zero-order chi connectivity index (χ0) is 14.1. The number of ether oxygens (including phenoxy) is 1. The summed E-state index contributed by atoms with van der Waals surface area (Å²) in [6.45, 7) is 5.94. The second-order valence-electron chi connectivity index (χ2n) is 5.04. The lowest BCUT2D eigenvalue weighted by Gasteiger charge is -2.21. The molecule has 0 saturated heterocycles. The van der Waals surface area contributed by atoms with Crippen molar-refractivity contribution >= 4 is 22.9 Å². The normalized spacial score (nSPS) is 14.9. The lowest BCUT2D eigenvalue weighted by Crippen LogP contribution is -2.22. The summed E-state index contributed by atoms with van der Waals surface area (Å²) in [5.74, 6) is 1.02. The van der Waals surface area contributed by atoms with Gasteiger partial charge in [0.2, 0.25) is 0 Å². The molecule has 1 unspecified atom stereocenters. The van der Waals surface area contributed by atoms with Gasteiger partial charge in [0, 0.05) is 21.9 Å². The molecule has 3 rings (SSSR count). The summed E-state index contributed by atoms with van der Waals surface area (Å²) in [6.07, 6.45) is 0.950. The summed E-state index contributed by atoms with van der Waals surface area (Å²) in [7, 11) is 0. The van der Waals surface area contributed by atoms with Gasteiger partial charge in [-0.05, 0) is 48.2 Å². The molecule has 2 nitrogen and oxygen atoms in total. The van der Waals surface area contributed by atoms with E-state index >= 15 is 0 Å². The number of hydrogen-bond acceptors (Lipinski definition) is 3. The van der Waals surface area contributed by atoms with Crippen molar-refractivity contribution in [3.05, 3.63) is 50.2 Å². The predicted octanol–water partition coefficient (Wildman–Crippen LogP) is 4.34. The van der Waals surface area contributed by atoms with Crippen LogP contribution in [-0.4, -0.2) is 13.2 Å². The molecule has 2 heterocycles. The van der Waals surface area contributed by atoms with Gasteiger partial charge in [-0.15, -0.1) is 11.3 Å². The highest BCUT2D eigenvalue weighted by Crippen LogP contribution is 2.40. The molecule has 1 aliphatic heterocycles. The molecule has 0 amide bonds. The molecule has 1 atom stereocenters. The highest BCUT2D eigenvalue weighted by molar-refractivity contribution is 7.10. The van der Waals surface area contributed by atoms with Crippen molar-refractivity contribution in [3.63, 3.8) is 0 Å². The van der Waals surface area contributed by atoms with E-state index in [4.69, 9.17) is 16.3 Å². The molecule has 0 spiro atoms. The zero-order valence-corrected chi connectivity index (χ0v) is 13.3. The Kier molecular flexibility index (Phi) is 4.01. The molecular formula is C16H18ClNOS. The monoisotopic (exact) mass is 307 g/mol. The highest BCUT2D eigenvalue weighted by Gasteiger charge is 2.25. The van der Waals surface area contributed by atoms with Crippen molar-refractivity contribution in [1.82, 2.24) is 5.32 Å². The second-order valence-corrected chi connectivity index (χ2v) is 6.42. The molecule has 0 saturated carbocycles. The molecule has 0 aliphatic carbocycles. The van der Waals surface area contributed by atoms with Crippen molar-refractivity contribution in [2.45, 2.75) is 26.3 Å². The summed E-state index contributed by atoms with van der Waals surface area (Å²) in [5, 5.41) is 6.50. The Hall–Kier alpha value is -1.03. The zero-order valence-electron chi connectivity index (χ0n) is 11.7. The third kappa shape index (κ3) is 2.46. The van der Waals surface area contributed by atoms with E-state index in [9.17, 15) is 0 Å². The number of fused-ring (bicyclic) bond motifs is 1. The first-order valence-corrected chi connectivity index (χ1v) is 8.19. The minimum absolute atomic E-state index is 0.158. The SMILES string of the molecule is CCNC(c1cc(Cl)cc2c1OCC2)c1sccc1C. The van der Waals surface area contributed by atoms with E-state index < -0.39 is 0 Å². The van der Waals surface area contributed by atoms with Crippen LogP contribution >= 0.6 is 22.9 Å². The van der Waals surface area contributed by atoms with Crippen LogP contribution in [0.3, 0.4) is 0 Å². The van der Waals surface area contributed by atoms with Gasteiger partial charge in [0.05, 0.1) is 12.6 Å². The van der Waals surface area contributed by atoms with Crippen molar-refractivity contribution in [3.8, 4) is 5.75 Å². The quantitative estimate of drug-likeness (QED) is 0.907. The van der Waals surface area contributed by atoms with Gasteiger partial charge in [0.1, 0.15) is 5.75 Å². The Morgan fingerprint density at radius 1 is 1.45 bits per heavy atom. The summed E-state index contributed by atoms with van der Waals surface area (Å²) >= 11 is 8.08. The summed E-state index contributed by atoms with van der Waals surface area (Å²) in [6, 6.07) is 6.39. The molecule has 1 aliphatic rings. The van der Waals surface area contributed by atoms with Crippen molar-refractivity contribution in [2.24, 2.45) is 0 Å². The first-order valence-electron chi connectivity index (χ1n) is 6.93. The van der Waals surface area contributed by atoms with Crippen molar-refractivity contribution < 1.29 is 4.74 Å². The minimum atomic E-state index is 0.158. The molecule has 0 radical (unpaired) electrons.